The fourth-order valence-corrected chi connectivity index (χ4v) is 4.47. The quantitative estimate of drug-likeness (QED) is 0.680. The molecule has 2 rings (SSSR count). The Morgan fingerprint density at radius 2 is 1.84 bits per heavy atom. The molecule has 104 valence electrons. The van der Waals surface area contributed by atoms with Crippen molar-refractivity contribution in [2.24, 2.45) is 5.84 Å². The lowest BCUT2D eigenvalue weighted by atomic mass is 10.1. The minimum absolute atomic E-state index is 0.221. The normalized spacial score (nSPS) is 19.2. The molecule has 1 aliphatic heterocycles. The van der Waals surface area contributed by atoms with Crippen LogP contribution in [-0.2, 0) is 14.3 Å². The van der Waals surface area contributed by atoms with Crippen LogP contribution >= 0.6 is 11.8 Å². The highest BCUT2D eigenvalue weighted by atomic mass is 32.2. The van der Waals surface area contributed by atoms with Crippen molar-refractivity contribution in [2.45, 2.75) is 31.2 Å². The Morgan fingerprint density at radius 3 is 2.32 bits per heavy atom. The number of hydrazine groups is 1. The van der Waals surface area contributed by atoms with E-state index in [1.807, 2.05) is 19.1 Å². The van der Waals surface area contributed by atoms with E-state index in [1.165, 1.54) is 16.8 Å². The summed E-state index contributed by atoms with van der Waals surface area (Å²) in [5.74, 6) is 5.60. The lowest BCUT2D eigenvalue weighted by Gasteiger charge is -2.20. The number of hydrogen-bond acceptors (Lipinski definition) is 6. The van der Waals surface area contributed by atoms with Crippen LogP contribution in [0.2, 0.25) is 0 Å². The van der Waals surface area contributed by atoms with E-state index in [0.29, 0.717) is 11.1 Å². The maximum Gasteiger partial charge on any atom is 0.300 e. The monoisotopic (exact) mass is 300 g/mol. The van der Waals surface area contributed by atoms with Gasteiger partial charge in [-0.05, 0) is 37.3 Å². The topological polar surface area (TPSA) is 72.6 Å². The maximum absolute atomic E-state index is 12.3. The van der Waals surface area contributed by atoms with Gasteiger partial charge in [0.05, 0.1) is 0 Å². The molecular weight excluding hydrogens is 284 g/mol. The van der Waals surface area contributed by atoms with Gasteiger partial charge in [0.2, 0.25) is 5.56 Å². The predicted molar refractivity (Wildman–Crippen MR) is 75.5 cm³/mol. The number of aryl methyl sites for hydroxylation is 3. The van der Waals surface area contributed by atoms with Crippen LogP contribution in [0.15, 0.2) is 28.6 Å². The second kappa shape index (κ2) is 5.16. The number of nitrogens with zero attached hydrogens (tertiary/aromatic N) is 1. The highest BCUT2D eigenvalue weighted by Crippen LogP contribution is 2.30. The molecule has 0 amide bonds. The smallest absolute Gasteiger partial charge is 0.279 e. The van der Waals surface area contributed by atoms with Gasteiger partial charge in [0.25, 0.3) is 10.1 Å². The predicted octanol–water partition coefficient (Wildman–Crippen LogP) is 1.99. The van der Waals surface area contributed by atoms with Crippen molar-refractivity contribution in [2.75, 3.05) is 0 Å². The second-order valence-electron chi connectivity index (χ2n) is 4.45. The van der Waals surface area contributed by atoms with Crippen LogP contribution in [0.3, 0.4) is 0 Å². The van der Waals surface area contributed by atoms with Gasteiger partial charge in [0.1, 0.15) is 4.90 Å². The van der Waals surface area contributed by atoms with Crippen LogP contribution < -0.4 is 5.84 Å². The summed E-state index contributed by atoms with van der Waals surface area (Å²) in [4.78, 5) is 0.221. The SMILES string of the molecule is Cc1cc(C)c(S(=O)(=O)OC2SC=CN2N)c(C)c1. The molecule has 1 atom stereocenters. The van der Waals surface area contributed by atoms with Crippen LogP contribution in [-0.4, -0.2) is 19.0 Å². The zero-order chi connectivity index (χ0) is 14.2. The highest BCUT2D eigenvalue weighted by molar-refractivity contribution is 8.03. The lowest BCUT2D eigenvalue weighted by molar-refractivity contribution is 0.152. The average molecular weight is 300 g/mol. The van der Waals surface area contributed by atoms with Crippen LogP contribution in [0.4, 0.5) is 0 Å². The van der Waals surface area contributed by atoms with Crippen LogP contribution in [0, 0.1) is 20.8 Å². The molecule has 0 bridgehead atoms. The molecule has 1 unspecified atom stereocenters. The third-order valence-corrected chi connectivity index (χ3v) is 5.29. The largest absolute Gasteiger partial charge is 0.300 e. The number of hydrogen-bond donors (Lipinski definition) is 1. The number of rotatable bonds is 3. The first-order valence-corrected chi connectivity index (χ1v) is 8.02. The van der Waals surface area contributed by atoms with Crippen LogP contribution in [0.25, 0.3) is 0 Å². The minimum atomic E-state index is -3.84. The molecule has 0 aliphatic carbocycles. The zero-order valence-electron chi connectivity index (χ0n) is 11.0. The van der Waals surface area contributed by atoms with Gasteiger partial charge in [-0.15, -0.1) is 0 Å². The summed E-state index contributed by atoms with van der Waals surface area (Å²) in [5, 5.41) is 2.91. The molecule has 0 radical (unpaired) electrons. The van der Waals surface area contributed by atoms with E-state index in [1.54, 1.807) is 25.5 Å². The van der Waals surface area contributed by atoms with E-state index in [0.717, 1.165) is 5.56 Å². The molecule has 1 heterocycles. The van der Waals surface area contributed by atoms with Crippen molar-refractivity contribution in [1.29, 1.82) is 0 Å². The summed E-state index contributed by atoms with van der Waals surface area (Å²) in [7, 11) is -3.84. The molecule has 0 fully saturated rings. The summed E-state index contributed by atoms with van der Waals surface area (Å²) in [6, 6.07) is 3.65. The third kappa shape index (κ3) is 2.94. The molecule has 5 nitrogen and oxygen atoms in total. The third-order valence-electron chi connectivity index (χ3n) is 2.74. The van der Waals surface area contributed by atoms with Crippen molar-refractivity contribution in [3.8, 4) is 0 Å². The van der Waals surface area contributed by atoms with Crippen LogP contribution in [0.1, 0.15) is 16.7 Å². The van der Waals surface area contributed by atoms with Gasteiger partial charge in [-0.25, -0.2) is 10.0 Å². The molecule has 7 heteroatoms. The Labute approximate surface area is 117 Å². The van der Waals surface area contributed by atoms with Gasteiger partial charge in [-0.1, -0.05) is 29.5 Å². The fourth-order valence-electron chi connectivity index (χ4n) is 2.10. The van der Waals surface area contributed by atoms with Gasteiger partial charge in [-0.3, -0.25) is 5.01 Å². The Kier molecular flexibility index (Phi) is 3.91. The first-order chi connectivity index (χ1) is 8.81. The molecule has 19 heavy (non-hydrogen) atoms. The summed E-state index contributed by atoms with van der Waals surface area (Å²) < 4.78 is 29.9. The molecule has 1 aliphatic rings. The summed E-state index contributed by atoms with van der Waals surface area (Å²) in [6.45, 7) is 5.45. The van der Waals surface area contributed by atoms with Gasteiger partial charge in [0, 0.05) is 6.20 Å². The summed E-state index contributed by atoms with van der Waals surface area (Å²) in [6.07, 6.45) is 1.57. The van der Waals surface area contributed by atoms with E-state index in [2.05, 4.69) is 0 Å². The van der Waals surface area contributed by atoms with Crippen molar-refractivity contribution in [3.63, 3.8) is 0 Å². The van der Waals surface area contributed by atoms with Crippen molar-refractivity contribution < 1.29 is 12.6 Å². The van der Waals surface area contributed by atoms with E-state index in [-0.39, 0.29) is 4.90 Å². The molecule has 0 spiro atoms. The molecule has 0 saturated carbocycles. The molecule has 2 N–H and O–H groups in total. The Morgan fingerprint density at radius 1 is 1.26 bits per heavy atom. The molecular formula is C12H16N2O3S2. The van der Waals surface area contributed by atoms with Crippen LogP contribution in [0.5, 0.6) is 0 Å². The van der Waals surface area contributed by atoms with Crippen molar-refractivity contribution in [3.05, 3.63) is 40.4 Å². The fraction of sp³-hybridized carbons (Fsp3) is 0.333. The molecule has 1 aromatic rings. The standard InChI is InChI=1S/C12H16N2O3S2/c1-8-6-9(2)11(10(3)7-8)19(15,16)17-12-14(13)4-5-18-12/h4-7,12H,13H2,1-3H3. The van der Waals surface area contributed by atoms with Gasteiger partial charge < -0.3 is 0 Å². The maximum atomic E-state index is 12.3. The van der Waals surface area contributed by atoms with Gasteiger partial charge in [-0.2, -0.15) is 8.42 Å². The summed E-state index contributed by atoms with van der Waals surface area (Å²) >= 11 is 1.21. The van der Waals surface area contributed by atoms with E-state index < -0.39 is 15.7 Å². The van der Waals surface area contributed by atoms with Gasteiger partial charge in [0.15, 0.2) is 0 Å². The molecule has 1 aromatic carbocycles. The Hall–Kier alpha value is -1.02. The van der Waals surface area contributed by atoms with E-state index in [4.69, 9.17) is 10.0 Å². The number of thioether (sulfide) groups is 1. The minimum Gasteiger partial charge on any atom is -0.279 e. The van der Waals surface area contributed by atoms with E-state index in [9.17, 15) is 8.42 Å². The Balaban J connectivity index is 2.35. The zero-order valence-corrected chi connectivity index (χ0v) is 12.6. The number of nitrogens with two attached hydrogens (primary N) is 1. The molecule has 0 saturated heterocycles. The second-order valence-corrected chi connectivity index (χ2v) is 6.91. The van der Waals surface area contributed by atoms with Crippen molar-refractivity contribution in [1.82, 2.24) is 5.01 Å². The highest BCUT2D eigenvalue weighted by Gasteiger charge is 2.29. The van der Waals surface area contributed by atoms with Gasteiger partial charge >= 0.3 is 0 Å². The molecule has 0 aromatic heterocycles. The van der Waals surface area contributed by atoms with E-state index >= 15 is 0 Å². The average Bonchev–Trinajstić information content (AvgIpc) is 2.61. The lowest BCUT2D eigenvalue weighted by Crippen LogP contribution is -2.35. The summed E-state index contributed by atoms with van der Waals surface area (Å²) in [5.41, 5.74) is 1.63. The van der Waals surface area contributed by atoms with Crippen molar-refractivity contribution >= 4 is 21.9 Å². The number of benzene rings is 1. The Bertz CT molecular complexity index is 603. The first-order valence-electron chi connectivity index (χ1n) is 5.67. The first kappa shape index (κ1) is 14.4.